The molecule has 2 aliphatic rings. The SMILES string of the molecule is O=C(Cc1noc2ccccc12)N1CCC2NCCC2C1. The van der Waals surface area contributed by atoms with Crippen LogP contribution in [0.25, 0.3) is 11.0 Å². The molecule has 5 heteroatoms. The van der Waals surface area contributed by atoms with Crippen LogP contribution in [0.2, 0.25) is 0 Å². The molecule has 110 valence electrons. The van der Waals surface area contributed by atoms with Gasteiger partial charge in [-0.1, -0.05) is 17.3 Å². The monoisotopic (exact) mass is 285 g/mol. The van der Waals surface area contributed by atoms with Crippen molar-refractivity contribution in [2.45, 2.75) is 25.3 Å². The van der Waals surface area contributed by atoms with Gasteiger partial charge in [-0.15, -0.1) is 0 Å². The first-order valence-electron chi connectivity index (χ1n) is 7.66. The number of benzene rings is 1. The van der Waals surface area contributed by atoms with E-state index in [1.54, 1.807) is 0 Å². The van der Waals surface area contributed by atoms with E-state index in [2.05, 4.69) is 10.5 Å². The molecule has 5 nitrogen and oxygen atoms in total. The Balaban J connectivity index is 1.48. The van der Waals surface area contributed by atoms with E-state index >= 15 is 0 Å². The average molecular weight is 285 g/mol. The fourth-order valence-corrected chi connectivity index (χ4v) is 3.59. The second-order valence-electron chi connectivity index (χ2n) is 6.04. The van der Waals surface area contributed by atoms with Crippen LogP contribution in [0.15, 0.2) is 28.8 Å². The zero-order valence-corrected chi connectivity index (χ0v) is 11.9. The lowest BCUT2D eigenvalue weighted by atomic mass is 9.93. The fourth-order valence-electron chi connectivity index (χ4n) is 3.59. The van der Waals surface area contributed by atoms with Crippen LogP contribution in [0, 0.1) is 5.92 Å². The van der Waals surface area contributed by atoms with E-state index in [0.29, 0.717) is 18.4 Å². The predicted octanol–water partition coefficient (Wildman–Crippen LogP) is 1.58. The number of hydrogen-bond acceptors (Lipinski definition) is 4. The molecule has 21 heavy (non-hydrogen) atoms. The van der Waals surface area contributed by atoms with Crippen molar-refractivity contribution in [3.8, 4) is 0 Å². The maximum Gasteiger partial charge on any atom is 0.228 e. The van der Waals surface area contributed by atoms with Gasteiger partial charge in [-0.05, 0) is 37.4 Å². The molecule has 2 saturated heterocycles. The molecule has 2 aromatic rings. The molecule has 0 spiro atoms. The number of fused-ring (bicyclic) bond motifs is 2. The molecular formula is C16H19N3O2. The third kappa shape index (κ3) is 2.31. The minimum Gasteiger partial charge on any atom is -0.356 e. The molecule has 0 aliphatic carbocycles. The Morgan fingerprint density at radius 2 is 2.29 bits per heavy atom. The summed E-state index contributed by atoms with van der Waals surface area (Å²) >= 11 is 0. The third-order valence-corrected chi connectivity index (χ3v) is 4.78. The lowest BCUT2D eigenvalue weighted by Gasteiger charge is -2.34. The molecular weight excluding hydrogens is 266 g/mol. The van der Waals surface area contributed by atoms with E-state index in [0.717, 1.165) is 42.7 Å². The lowest BCUT2D eigenvalue weighted by Crippen LogP contribution is -2.47. The first-order valence-corrected chi connectivity index (χ1v) is 7.66. The molecule has 4 rings (SSSR count). The quantitative estimate of drug-likeness (QED) is 0.910. The van der Waals surface area contributed by atoms with Gasteiger partial charge >= 0.3 is 0 Å². The van der Waals surface area contributed by atoms with Crippen molar-refractivity contribution in [1.82, 2.24) is 15.4 Å². The van der Waals surface area contributed by atoms with E-state index in [4.69, 9.17) is 4.52 Å². The highest BCUT2D eigenvalue weighted by atomic mass is 16.5. The number of rotatable bonds is 2. The van der Waals surface area contributed by atoms with Crippen LogP contribution in [0.5, 0.6) is 0 Å². The fraction of sp³-hybridized carbons (Fsp3) is 0.500. The van der Waals surface area contributed by atoms with Crippen LogP contribution < -0.4 is 5.32 Å². The molecule has 0 bridgehead atoms. The second-order valence-corrected chi connectivity index (χ2v) is 6.04. The maximum absolute atomic E-state index is 12.5. The van der Waals surface area contributed by atoms with Gasteiger partial charge in [0.05, 0.1) is 6.42 Å². The highest BCUT2D eigenvalue weighted by Crippen LogP contribution is 2.25. The number of para-hydroxylation sites is 1. The standard InChI is InChI=1S/C16H19N3O2/c20-16(19-8-6-13-11(10-19)5-7-17-13)9-14-12-3-1-2-4-15(12)21-18-14/h1-4,11,13,17H,5-10H2. The zero-order chi connectivity index (χ0) is 14.2. The molecule has 1 amide bonds. The molecule has 2 fully saturated rings. The lowest BCUT2D eigenvalue weighted by molar-refractivity contribution is -0.132. The van der Waals surface area contributed by atoms with E-state index in [1.165, 1.54) is 6.42 Å². The number of aromatic nitrogens is 1. The van der Waals surface area contributed by atoms with Gasteiger partial charge in [-0.25, -0.2) is 0 Å². The third-order valence-electron chi connectivity index (χ3n) is 4.78. The minimum absolute atomic E-state index is 0.166. The molecule has 1 aromatic carbocycles. The van der Waals surface area contributed by atoms with Crippen molar-refractivity contribution in [2.24, 2.45) is 5.92 Å². The highest BCUT2D eigenvalue weighted by Gasteiger charge is 2.34. The zero-order valence-electron chi connectivity index (χ0n) is 11.9. The molecule has 0 radical (unpaired) electrons. The maximum atomic E-state index is 12.5. The number of hydrogen-bond donors (Lipinski definition) is 1. The van der Waals surface area contributed by atoms with Gasteiger partial charge in [0.25, 0.3) is 0 Å². The average Bonchev–Trinajstić information content (AvgIpc) is 3.13. The Labute approximate surface area is 123 Å². The number of nitrogens with zero attached hydrogens (tertiary/aromatic N) is 2. The first kappa shape index (κ1) is 12.8. The van der Waals surface area contributed by atoms with Crippen LogP contribution in [0.1, 0.15) is 18.5 Å². The number of carbonyl (C=O) groups excluding carboxylic acids is 1. The summed E-state index contributed by atoms with van der Waals surface area (Å²) in [6, 6.07) is 8.32. The minimum atomic E-state index is 0.166. The van der Waals surface area contributed by atoms with Gasteiger partial charge in [-0.3, -0.25) is 4.79 Å². The van der Waals surface area contributed by atoms with Crippen molar-refractivity contribution in [1.29, 1.82) is 0 Å². The number of nitrogens with one attached hydrogen (secondary N) is 1. The van der Waals surface area contributed by atoms with Gasteiger partial charge in [0, 0.05) is 24.5 Å². The Hall–Kier alpha value is -1.88. The van der Waals surface area contributed by atoms with Crippen molar-refractivity contribution in [3.63, 3.8) is 0 Å². The van der Waals surface area contributed by atoms with Crippen LogP contribution in [-0.2, 0) is 11.2 Å². The Morgan fingerprint density at radius 1 is 1.38 bits per heavy atom. The van der Waals surface area contributed by atoms with Crippen LogP contribution in [0.3, 0.4) is 0 Å². The largest absolute Gasteiger partial charge is 0.356 e. The Kier molecular flexibility index (Phi) is 3.15. The Bertz CT molecular complexity index is 666. The molecule has 3 heterocycles. The summed E-state index contributed by atoms with van der Waals surface area (Å²) in [7, 11) is 0. The van der Waals surface area contributed by atoms with E-state index in [1.807, 2.05) is 29.2 Å². The van der Waals surface area contributed by atoms with E-state index < -0.39 is 0 Å². The van der Waals surface area contributed by atoms with Gasteiger partial charge in [0.15, 0.2) is 5.58 Å². The van der Waals surface area contributed by atoms with Crippen molar-refractivity contribution in [3.05, 3.63) is 30.0 Å². The van der Waals surface area contributed by atoms with Crippen molar-refractivity contribution >= 4 is 16.9 Å². The first-order chi connectivity index (χ1) is 10.3. The summed E-state index contributed by atoms with van der Waals surface area (Å²) in [4.78, 5) is 14.5. The van der Waals surface area contributed by atoms with Crippen molar-refractivity contribution in [2.75, 3.05) is 19.6 Å². The molecule has 2 unspecified atom stereocenters. The summed E-state index contributed by atoms with van der Waals surface area (Å²) in [6.45, 7) is 2.82. The number of amides is 1. The number of likely N-dealkylation sites (tertiary alicyclic amines) is 1. The van der Waals surface area contributed by atoms with Crippen LogP contribution in [0.4, 0.5) is 0 Å². The molecule has 2 aliphatic heterocycles. The summed E-state index contributed by atoms with van der Waals surface area (Å²) in [6.07, 6.45) is 2.58. The summed E-state index contributed by atoms with van der Waals surface area (Å²) < 4.78 is 5.28. The Morgan fingerprint density at radius 3 is 3.24 bits per heavy atom. The molecule has 1 aromatic heterocycles. The van der Waals surface area contributed by atoms with Crippen LogP contribution >= 0.6 is 0 Å². The molecule has 1 N–H and O–H groups in total. The van der Waals surface area contributed by atoms with Crippen molar-refractivity contribution < 1.29 is 9.32 Å². The van der Waals surface area contributed by atoms with Gasteiger partial charge in [0.2, 0.25) is 5.91 Å². The van der Waals surface area contributed by atoms with Crippen LogP contribution in [-0.4, -0.2) is 41.6 Å². The molecule has 2 atom stereocenters. The number of carbonyl (C=O) groups is 1. The summed E-state index contributed by atoms with van der Waals surface area (Å²) in [5.74, 6) is 0.788. The highest BCUT2D eigenvalue weighted by molar-refractivity contribution is 5.86. The summed E-state index contributed by atoms with van der Waals surface area (Å²) in [5.41, 5.74) is 1.50. The van der Waals surface area contributed by atoms with Gasteiger partial charge in [-0.2, -0.15) is 0 Å². The number of piperidine rings is 1. The normalized spacial score (nSPS) is 25.2. The van der Waals surface area contributed by atoms with Gasteiger partial charge in [0.1, 0.15) is 5.69 Å². The smallest absolute Gasteiger partial charge is 0.228 e. The van der Waals surface area contributed by atoms with Gasteiger partial charge < -0.3 is 14.7 Å². The predicted molar refractivity (Wildman–Crippen MR) is 78.8 cm³/mol. The molecule has 0 saturated carbocycles. The summed E-state index contributed by atoms with van der Waals surface area (Å²) in [5, 5.41) is 8.53. The second kappa shape index (κ2) is 5.15. The van der Waals surface area contributed by atoms with E-state index in [9.17, 15) is 4.79 Å². The van der Waals surface area contributed by atoms with E-state index in [-0.39, 0.29) is 5.91 Å². The topological polar surface area (TPSA) is 58.4 Å².